The molecule has 0 fully saturated rings. The highest BCUT2D eigenvalue weighted by Gasteiger charge is 2.32. The minimum absolute atomic E-state index is 0.112. The van der Waals surface area contributed by atoms with Crippen molar-refractivity contribution < 1.29 is 32.2 Å². The lowest BCUT2D eigenvalue weighted by Crippen LogP contribution is -2.51. The van der Waals surface area contributed by atoms with E-state index in [-0.39, 0.29) is 18.0 Å². The number of methoxy groups -OCH3 is 2. The molecule has 0 aliphatic carbocycles. The molecule has 6 nitrogen and oxygen atoms in total. The highest BCUT2D eigenvalue weighted by Crippen LogP contribution is 2.23. The molecule has 0 unspecified atom stereocenters. The number of ether oxygens (including phenoxy) is 2. The largest absolute Gasteiger partial charge is 0.497 e. The van der Waals surface area contributed by atoms with Crippen LogP contribution in [0.15, 0.2) is 18.2 Å². The molecule has 1 aromatic carbocycles. The van der Waals surface area contributed by atoms with Crippen LogP contribution in [0.1, 0.15) is 37.6 Å². The quantitative estimate of drug-likeness (QED) is 0.686. The van der Waals surface area contributed by atoms with E-state index in [4.69, 9.17) is 9.47 Å². The molecule has 0 aliphatic rings. The Bertz CT molecular complexity index is 655. The molecule has 0 aromatic heterocycles. The summed E-state index contributed by atoms with van der Waals surface area (Å²) in [7, 11) is 2.88. The number of hydrogen-bond donors (Lipinski definition) is 1. The van der Waals surface area contributed by atoms with E-state index in [0.29, 0.717) is 11.5 Å². The number of likely N-dealkylation sites (N-methyl/N-ethyl adjacent to an activating group) is 1. The number of alkyl halides is 3. The second-order valence-corrected chi connectivity index (χ2v) is 6.58. The van der Waals surface area contributed by atoms with Crippen LogP contribution in [0, 0.1) is 5.92 Å². The Labute approximate surface area is 163 Å². The lowest BCUT2D eigenvalue weighted by atomic mass is 10.0. The van der Waals surface area contributed by atoms with Gasteiger partial charge in [0.15, 0.2) is 0 Å². The number of nitrogens with one attached hydrogen (secondary N) is 1. The van der Waals surface area contributed by atoms with Gasteiger partial charge in [0.05, 0.1) is 20.6 Å². The molecule has 1 aromatic rings. The van der Waals surface area contributed by atoms with Crippen LogP contribution < -0.4 is 14.8 Å². The number of rotatable bonds is 9. The van der Waals surface area contributed by atoms with Crippen LogP contribution in [0.3, 0.4) is 0 Å². The minimum atomic E-state index is -4.36. The summed E-state index contributed by atoms with van der Waals surface area (Å²) in [4.78, 5) is 26.5. The average Bonchev–Trinajstić information content (AvgIpc) is 2.64. The zero-order valence-corrected chi connectivity index (χ0v) is 16.7. The van der Waals surface area contributed by atoms with Crippen molar-refractivity contribution in [3.63, 3.8) is 0 Å². The lowest BCUT2D eigenvalue weighted by molar-refractivity contribution is -0.146. The highest BCUT2D eigenvalue weighted by atomic mass is 19.4. The molecular weight excluding hydrogens is 377 g/mol. The molecule has 2 amide bonds. The summed E-state index contributed by atoms with van der Waals surface area (Å²) in [5.74, 6) is -0.612. The molecule has 0 radical (unpaired) electrons. The first kappa shape index (κ1) is 23.6. The Morgan fingerprint density at radius 1 is 1.11 bits per heavy atom. The van der Waals surface area contributed by atoms with Crippen LogP contribution in [0.25, 0.3) is 0 Å². The van der Waals surface area contributed by atoms with Crippen molar-refractivity contribution in [1.29, 1.82) is 0 Å². The van der Waals surface area contributed by atoms with Gasteiger partial charge in [0, 0.05) is 24.7 Å². The summed E-state index contributed by atoms with van der Waals surface area (Å²) in [6.07, 6.45) is -5.46. The summed E-state index contributed by atoms with van der Waals surface area (Å²) < 4.78 is 47.8. The standard InChI is InChI=1S/C19H27F3N2O4/c1-6-24(8-7-19(20,21)22)18(26)16(12(2)3)23-17(25)13-9-14(27-4)11-15(10-13)28-5/h9-12,16H,6-8H2,1-5H3,(H,23,25)/t16-/m0/s1. The van der Waals surface area contributed by atoms with Gasteiger partial charge >= 0.3 is 6.18 Å². The van der Waals surface area contributed by atoms with Gasteiger partial charge in [-0.25, -0.2) is 0 Å². The van der Waals surface area contributed by atoms with Crippen LogP contribution in [0.2, 0.25) is 0 Å². The Balaban J connectivity index is 3.00. The fraction of sp³-hybridized carbons (Fsp3) is 0.579. The van der Waals surface area contributed by atoms with Crippen LogP contribution >= 0.6 is 0 Å². The van der Waals surface area contributed by atoms with Gasteiger partial charge in [0.2, 0.25) is 5.91 Å². The Morgan fingerprint density at radius 2 is 1.64 bits per heavy atom. The van der Waals surface area contributed by atoms with E-state index >= 15 is 0 Å². The molecule has 9 heteroatoms. The second kappa shape index (κ2) is 10.2. The third-order valence-electron chi connectivity index (χ3n) is 4.19. The fourth-order valence-corrected chi connectivity index (χ4v) is 2.56. The third-order valence-corrected chi connectivity index (χ3v) is 4.19. The number of benzene rings is 1. The highest BCUT2D eigenvalue weighted by molar-refractivity contribution is 5.98. The van der Waals surface area contributed by atoms with Crippen molar-refractivity contribution in [2.75, 3.05) is 27.3 Å². The van der Waals surface area contributed by atoms with Gasteiger partial charge in [0.25, 0.3) is 5.91 Å². The van der Waals surface area contributed by atoms with Crippen molar-refractivity contribution in [3.8, 4) is 11.5 Å². The summed E-state index contributed by atoms with van der Waals surface area (Å²) in [5, 5.41) is 2.62. The maximum Gasteiger partial charge on any atom is 0.390 e. The smallest absolute Gasteiger partial charge is 0.390 e. The van der Waals surface area contributed by atoms with E-state index in [1.165, 1.54) is 26.4 Å². The number of amides is 2. The molecule has 0 bridgehead atoms. The first-order chi connectivity index (χ1) is 13.0. The maximum absolute atomic E-state index is 12.7. The number of carbonyl (C=O) groups excluding carboxylic acids is 2. The van der Waals surface area contributed by atoms with Crippen molar-refractivity contribution in [3.05, 3.63) is 23.8 Å². The minimum Gasteiger partial charge on any atom is -0.497 e. The van der Waals surface area contributed by atoms with E-state index in [0.717, 1.165) is 4.90 Å². The molecule has 0 aliphatic heterocycles. The molecular formula is C19H27F3N2O4. The maximum atomic E-state index is 12.7. The Hall–Kier alpha value is -2.45. The first-order valence-corrected chi connectivity index (χ1v) is 8.91. The molecule has 1 rings (SSSR count). The second-order valence-electron chi connectivity index (χ2n) is 6.58. The molecule has 0 heterocycles. The van der Waals surface area contributed by atoms with Gasteiger partial charge in [-0.05, 0) is 25.0 Å². The molecule has 1 N–H and O–H groups in total. The van der Waals surface area contributed by atoms with E-state index in [2.05, 4.69) is 5.32 Å². The zero-order valence-electron chi connectivity index (χ0n) is 16.7. The van der Waals surface area contributed by atoms with Crippen molar-refractivity contribution >= 4 is 11.8 Å². The topological polar surface area (TPSA) is 67.9 Å². The zero-order chi connectivity index (χ0) is 21.5. The van der Waals surface area contributed by atoms with Gasteiger partial charge in [-0.1, -0.05) is 13.8 Å². The molecule has 0 saturated carbocycles. The van der Waals surface area contributed by atoms with Gasteiger partial charge in [-0.15, -0.1) is 0 Å². The van der Waals surface area contributed by atoms with Crippen LogP contribution in [-0.4, -0.2) is 56.2 Å². The average molecular weight is 404 g/mol. The van der Waals surface area contributed by atoms with Gasteiger partial charge < -0.3 is 19.7 Å². The number of halogens is 3. The fourth-order valence-electron chi connectivity index (χ4n) is 2.56. The monoisotopic (exact) mass is 404 g/mol. The Kier molecular flexibility index (Phi) is 8.59. The van der Waals surface area contributed by atoms with E-state index in [9.17, 15) is 22.8 Å². The van der Waals surface area contributed by atoms with Crippen molar-refractivity contribution in [2.24, 2.45) is 5.92 Å². The van der Waals surface area contributed by atoms with Gasteiger partial charge in [-0.3, -0.25) is 9.59 Å². The number of carbonyl (C=O) groups is 2. The molecule has 158 valence electrons. The predicted molar refractivity (Wildman–Crippen MR) is 98.6 cm³/mol. The van der Waals surface area contributed by atoms with Crippen LogP contribution in [0.5, 0.6) is 11.5 Å². The van der Waals surface area contributed by atoms with Gasteiger partial charge in [0.1, 0.15) is 17.5 Å². The predicted octanol–water partition coefficient (Wildman–Crippen LogP) is 3.26. The SMILES string of the molecule is CCN(CCC(F)(F)F)C(=O)[C@@H](NC(=O)c1cc(OC)cc(OC)c1)C(C)C. The molecule has 0 spiro atoms. The van der Waals surface area contributed by atoms with E-state index in [1.807, 2.05) is 0 Å². The lowest BCUT2D eigenvalue weighted by Gasteiger charge is -2.29. The van der Waals surface area contributed by atoms with Crippen LogP contribution in [0.4, 0.5) is 13.2 Å². The number of hydrogen-bond acceptors (Lipinski definition) is 4. The molecule has 0 saturated heterocycles. The van der Waals surface area contributed by atoms with Crippen molar-refractivity contribution in [2.45, 2.75) is 39.4 Å². The van der Waals surface area contributed by atoms with Crippen molar-refractivity contribution in [1.82, 2.24) is 10.2 Å². The van der Waals surface area contributed by atoms with E-state index < -0.39 is 37.0 Å². The Morgan fingerprint density at radius 3 is 2.04 bits per heavy atom. The normalized spacial score (nSPS) is 12.5. The van der Waals surface area contributed by atoms with Gasteiger partial charge in [-0.2, -0.15) is 13.2 Å². The van der Waals surface area contributed by atoms with E-state index in [1.54, 1.807) is 26.8 Å². The first-order valence-electron chi connectivity index (χ1n) is 8.91. The summed E-state index contributed by atoms with van der Waals surface area (Å²) in [6, 6.07) is 3.61. The molecule has 1 atom stereocenters. The summed E-state index contributed by atoms with van der Waals surface area (Å²) in [6.45, 7) is 4.69. The number of nitrogens with zero attached hydrogens (tertiary/aromatic N) is 1. The summed E-state index contributed by atoms with van der Waals surface area (Å²) >= 11 is 0. The summed E-state index contributed by atoms with van der Waals surface area (Å²) in [5.41, 5.74) is 0.216. The third kappa shape index (κ3) is 6.94. The molecule has 28 heavy (non-hydrogen) atoms. The van der Waals surface area contributed by atoms with Crippen LogP contribution in [-0.2, 0) is 4.79 Å².